The van der Waals surface area contributed by atoms with Crippen LogP contribution in [0.2, 0.25) is 0 Å². The predicted molar refractivity (Wildman–Crippen MR) is 56.2 cm³/mol. The number of nitrogens with one attached hydrogen (secondary N) is 1. The minimum atomic E-state index is 0.543. The van der Waals surface area contributed by atoms with Crippen LogP contribution in [0.3, 0.4) is 0 Å². The van der Waals surface area contributed by atoms with Gasteiger partial charge in [-0.2, -0.15) is 0 Å². The molecule has 1 aliphatic carbocycles. The molecule has 0 spiro atoms. The molecule has 2 nitrogen and oxygen atoms in total. The summed E-state index contributed by atoms with van der Waals surface area (Å²) in [5.74, 6) is 1.04. The fourth-order valence-electron chi connectivity index (χ4n) is 3.10. The van der Waals surface area contributed by atoms with E-state index in [1.54, 1.807) is 0 Å². The molecule has 0 aromatic rings. The summed E-state index contributed by atoms with van der Waals surface area (Å²) >= 11 is 0. The van der Waals surface area contributed by atoms with Gasteiger partial charge in [-0.05, 0) is 38.5 Å². The van der Waals surface area contributed by atoms with Gasteiger partial charge in [0.25, 0.3) is 0 Å². The highest BCUT2D eigenvalue weighted by atomic mass is 16.5. The molecule has 2 heterocycles. The Kier molecular flexibility index (Phi) is 2.29. The summed E-state index contributed by atoms with van der Waals surface area (Å²) in [6, 6.07) is 1.37. The lowest BCUT2D eigenvalue weighted by Crippen LogP contribution is -2.42. The van der Waals surface area contributed by atoms with E-state index >= 15 is 0 Å². The second-order valence-electron chi connectivity index (χ2n) is 5.46. The first-order chi connectivity index (χ1) is 6.81. The van der Waals surface area contributed by atoms with Gasteiger partial charge in [-0.25, -0.2) is 0 Å². The maximum atomic E-state index is 5.84. The van der Waals surface area contributed by atoms with Gasteiger partial charge in [-0.3, -0.25) is 0 Å². The van der Waals surface area contributed by atoms with E-state index in [9.17, 15) is 0 Å². The van der Waals surface area contributed by atoms with Gasteiger partial charge in [0.1, 0.15) is 0 Å². The van der Waals surface area contributed by atoms with E-state index < -0.39 is 0 Å². The molecule has 4 unspecified atom stereocenters. The largest absolute Gasteiger partial charge is 0.373 e. The summed E-state index contributed by atoms with van der Waals surface area (Å²) in [5.41, 5.74) is 0. The normalized spacial score (nSPS) is 43.1. The Hall–Kier alpha value is -0.0800. The van der Waals surface area contributed by atoms with Crippen LogP contribution in [-0.4, -0.2) is 24.3 Å². The van der Waals surface area contributed by atoms with Crippen molar-refractivity contribution >= 4 is 0 Å². The zero-order valence-electron chi connectivity index (χ0n) is 9.04. The molecular formula is C12H21NO. The Bertz CT molecular complexity index is 214. The van der Waals surface area contributed by atoms with Crippen molar-refractivity contribution in [3.63, 3.8) is 0 Å². The zero-order valence-corrected chi connectivity index (χ0v) is 9.04. The van der Waals surface area contributed by atoms with Gasteiger partial charge in [-0.15, -0.1) is 0 Å². The Labute approximate surface area is 86.4 Å². The molecule has 4 atom stereocenters. The summed E-state index contributed by atoms with van der Waals surface area (Å²) < 4.78 is 5.84. The van der Waals surface area contributed by atoms with E-state index in [4.69, 9.17) is 4.74 Å². The van der Waals surface area contributed by atoms with Crippen LogP contribution in [0.4, 0.5) is 0 Å². The highest BCUT2D eigenvalue weighted by Gasteiger charge is 2.41. The van der Waals surface area contributed by atoms with E-state index in [2.05, 4.69) is 12.2 Å². The molecule has 0 aromatic carbocycles. The van der Waals surface area contributed by atoms with Gasteiger partial charge in [0, 0.05) is 12.1 Å². The summed E-state index contributed by atoms with van der Waals surface area (Å²) in [5, 5.41) is 3.76. The molecule has 80 valence electrons. The summed E-state index contributed by atoms with van der Waals surface area (Å²) in [6.45, 7) is 2.34. The molecule has 14 heavy (non-hydrogen) atoms. The average molecular weight is 195 g/mol. The molecule has 2 bridgehead atoms. The lowest BCUT2D eigenvalue weighted by atomic mass is 9.94. The number of hydrogen-bond donors (Lipinski definition) is 1. The SMILES string of the molecule is CC(CC1CC1)NC1CC2CCC1O2. The van der Waals surface area contributed by atoms with Crippen LogP contribution >= 0.6 is 0 Å². The molecule has 0 radical (unpaired) electrons. The Morgan fingerprint density at radius 3 is 2.71 bits per heavy atom. The third kappa shape index (κ3) is 1.82. The van der Waals surface area contributed by atoms with E-state index in [0.717, 1.165) is 5.92 Å². The van der Waals surface area contributed by atoms with Crippen molar-refractivity contribution in [3.05, 3.63) is 0 Å². The highest BCUT2D eigenvalue weighted by Crippen LogP contribution is 2.36. The van der Waals surface area contributed by atoms with Crippen molar-refractivity contribution in [1.29, 1.82) is 0 Å². The number of hydrogen-bond acceptors (Lipinski definition) is 2. The third-order valence-corrected chi connectivity index (χ3v) is 3.99. The third-order valence-electron chi connectivity index (χ3n) is 3.99. The average Bonchev–Trinajstić information content (AvgIpc) is 2.74. The van der Waals surface area contributed by atoms with Gasteiger partial charge in [0.05, 0.1) is 12.2 Å². The minimum Gasteiger partial charge on any atom is -0.373 e. The molecule has 0 amide bonds. The molecule has 0 aromatic heterocycles. The Morgan fingerprint density at radius 2 is 2.14 bits per heavy atom. The van der Waals surface area contributed by atoms with Gasteiger partial charge in [-0.1, -0.05) is 12.8 Å². The molecular weight excluding hydrogens is 174 g/mol. The number of fused-ring (bicyclic) bond motifs is 2. The minimum absolute atomic E-state index is 0.543. The van der Waals surface area contributed by atoms with Crippen molar-refractivity contribution in [3.8, 4) is 0 Å². The Balaban J connectivity index is 1.47. The monoisotopic (exact) mass is 195 g/mol. The van der Waals surface area contributed by atoms with Crippen molar-refractivity contribution in [2.75, 3.05) is 0 Å². The standard InChI is InChI=1S/C12H21NO/c1-8(6-9-2-3-9)13-11-7-10-4-5-12(11)14-10/h8-13H,2-7H2,1H3. The van der Waals surface area contributed by atoms with Gasteiger partial charge in [0.15, 0.2) is 0 Å². The summed E-state index contributed by atoms with van der Waals surface area (Å²) in [6.07, 6.45) is 9.32. The summed E-state index contributed by atoms with van der Waals surface area (Å²) in [7, 11) is 0. The molecule has 2 aliphatic heterocycles. The van der Waals surface area contributed by atoms with Gasteiger partial charge >= 0.3 is 0 Å². The van der Waals surface area contributed by atoms with Crippen LogP contribution < -0.4 is 5.32 Å². The highest BCUT2D eigenvalue weighted by molar-refractivity contribution is 4.95. The van der Waals surface area contributed by atoms with Crippen LogP contribution in [0.5, 0.6) is 0 Å². The van der Waals surface area contributed by atoms with Crippen molar-refractivity contribution in [1.82, 2.24) is 5.32 Å². The van der Waals surface area contributed by atoms with Crippen LogP contribution in [0.25, 0.3) is 0 Å². The first-order valence-corrected chi connectivity index (χ1v) is 6.23. The number of rotatable bonds is 4. The fourth-order valence-corrected chi connectivity index (χ4v) is 3.10. The van der Waals surface area contributed by atoms with E-state index in [-0.39, 0.29) is 0 Å². The maximum Gasteiger partial charge on any atom is 0.0733 e. The zero-order chi connectivity index (χ0) is 9.54. The predicted octanol–water partition coefficient (Wildman–Crippen LogP) is 2.08. The van der Waals surface area contributed by atoms with E-state index in [1.165, 1.54) is 38.5 Å². The van der Waals surface area contributed by atoms with Crippen molar-refractivity contribution in [2.24, 2.45) is 5.92 Å². The smallest absolute Gasteiger partial charge is 0.0733 e. The second kappa shape index (κ2) is 3.49. The molecule has 3 fully saturated rings. The first kappa shape index (κ1) is 9.17. The topological polar surface area (TPSA) is 21.3 Å². The molecule has 1 N–H and O–H groups in total. The quantitative estimate of drug-likeness (QED) is 0.741. The molecule has 2 heteroatoms. The lowest BCUT2D eigenvalue weighted by Gasteiger charge is -2.24. The Morgan fingerprint density at radius 1 is 1.29 bits per heavy atom. The maximum absolute atomic E-state index is 5.84. The van der Waals surface area contributed by atoms with Crippen molar-refractivity contribution in [2.45, 2.75) is 69.7 Å². The number of ether oxygens (including phenoxy) is 1. The molecule has 2 saturated heterocycles. The van der Waals surface area contributed by atoms with E-state index in [0.29, 0.717) is 24.3 Å². The van der Waals surface area contributed by atoms with Crippen LogP contribution in [0.15, 0.2) is 0 Å². The van der Waals surface area contributed by atoms with Crippen LogP contribution in [0, 0.1) is 5.92 Å². The molecule has 1 saturated carbocycles. The molecule has 3 rings (SSSR count). The lowest BCUT2D eigenvalue weighted by molar-refractivity contribution is 0.0960. The first-order valence-electron chi connectivity index (χ1n) is 6.23. The van der Waals surface area contributed by atoms with Crippen molar-refractivity contribution < 1.29 is 4.74 Å². The van der Waals surface area contributed by atoms with Gasteiger partial charge < -0.3 is 10.1 Å². The fraction of sp³-hybridized carbons (Fsp3) is 1.00. The van der Waals surface area contributed by atoms with E-state index in [1.807, 2.05) is 0 Å². The van der Waals surface area contributed by atoms with Crippen LogP contribution in [0.1, 0.15) is 45.4 Å². The second-order valence-corrected chi connectivity index (χ2v) is 5.46. The molecule has 3 aliphatic rings. The van der Waals surface area contributed by atoms with Gasteiger partial charge in [0.2, 0.25) is 0 Å². The van der Waals surface area contributed by atoms with Crippen LogP contribution in [-0.2, 0) is 4.74 Å². The summed E-state index contributed by atoms with van der Waals surface area (Å²) in [4.78, 5) is 0.